The van der Waals surface area contributed by atoms with Crippen LogP contribution in [0.3, 0.4) is 0 Å². The maximum Gasteiger partial charge on any atom is 0.323 e. The average Bonchev–Trinajstić information content (AvgIpc) is 2.83. The molecule has 3 rings (SSSR count). The number of fused-ring (bicyclic) bond motifs is 1. The number of likely N-dealkylation sites (N-methyl/N-ethyl adjacent to an activating group) is 1. The molecule has 1 aliphatic heterocycles. The molecule has 0 fully saturated rings. The molecule has 0 aromatic heterocycles. The van der Waals surface area contributed by atoms with E-state index in [1.807, 2.05) is 13.8 Å². The fourth-order valence-corrected chi connectivity index (χ4v) is 4.15. The predicted octanol–water partition coefficient (Wildman–Crippen LogP) is 3.82. The van der Waals surface area contributed by atoms with E-state index in [-0.39, 0.29) is 42.0 Å². The van der Waals surface area contributed by atoms with E-state index in [9.17, 15) is 18.8 Å². The summed E-state index contributed by atoms with van der Waals surface area (Å²) >= 11 is 0. The van der Waals surface area contributed by atoms with Crippen molar-refractivity contribution in [2.45, 2.75) is 32.9 Å². The molecule has 1 aliphatic rings. The second-order valence-electron chi connectivity index (χ2n) is 9.07. The van der Waals surface area contributed by atoms with Crippen LogP contribution < -0.4 is 15.4 Å². The molecule has 3 atom stereocenters. The Morgan fingerprint density at radius 2 is 1.78 bits per heavy atom. The number of nitrogens with zero attached hydrogens (tertiary/aromatic N) is 2. The zero-order valence-electron chi connectivity index (χ0n) is 21.2. The fourth-order valence-electron chi connectivity index (χ4n) is 4.15. The van der Waals surface area contributed by atoms with E-state index in [1.54, 1.807) is 37.3 Å². The van der Waals surface area contributed by atoms with Crippen LogP contribution in [0.1, 0.15) is 31.1 Å². The molecule has 194 valence electrons. The van der Waals surface area contributed by atoms with Gasteiger partial charge in [-0.05, 0) is 43.3 Å². The van der Waals surface area contributed by atoms with Crippen molar-refractivity contribution in [3.05, 3.63) is 53.8 Å². The molecule has 2 aromatic carbocycles. The number of carbonyl (C=O) groups is 3. The van der Waals surface area contributed by atoms with Gasteiger partial charge in [0.2, 0.25) is 5.91 Å². The number of benzene rings is 2. The monoisotopic (exact) mass is 500 g/mol. The van der Waals surface area contributed by atoms with Crippen LogP contribution in [0, 0.1) is 11.7 Å². The number of urea groups is 1. The summed E-state index contributed by atoms with van der Waals surface area (Å²) < 4.78 is 25.1. The van der Waals surface area contributed by atoms with Gasteiger partial charge < -0.3 is 29.9 Å². The van der Waals surface area contributed by atoms with Crippen molar-refractivity contribution < 1.29 is 28.2 Å². The zero-order chi connectivity index (χ0) is 26.4. The lowest BCUT2D eigenvalue weighted by Crippen LogP contribution is -2.48. The number of methoxy groups -OCH3 is 1. The SMILES string of the molecule is CO[C@H]1CN(C)C(=O)c2cc(NC(=O)Nc3cccc(F)c3)ccc2OC[C@H](C)N(C(C)=O)C[C@H]1C. The molecule has 9 nitrogen and oxygen atoms in total. The third-order valence-electron chi connectivity index (χ3n) is 6.19. The first-order valence-electron chi connectivity index (χ1n) is 11.7. The number of hydrogen-bond donors (Lipinski definition) is 2. The minimum atomic E-state index is -0.589. The highest BCUT2D eigenvalue weighted by molar-refractivity contribution is 6.02. The lowest BCUT2D eigenvalue weighted by molar-refractivity contribution is -0.133. The Kier molecular flexibility index (Phi) is 8.87. The average molecular weight is 501 g/mol. The lowest BCUT2D eigenvalue weighted by Gasteiger charge is -2.35. The molecule has 0 radical (unpaired) electrons. The number of rotatable bonds is 3. The van der Waals surface area contributed by atoms with E-state index < -0.39 is 11.8 Å². The summed E-state index contributed by atoms with van der Waals surface area (Å²) in [5.41, 5.74) is 0.905. The van der Waals surface area contributed by atoms with E-state index in [1.165, 1.54) is 36.1 Å². The standard InChI is InChI=1S/C26H33FN4O5/c1-16-13-31(18(3)32)17(2)15-36-23-10-9-21(12-22(23)25(33)30(4)14-24(16)35-5)29-26(34)28-20-8-6-7-19(27)11-20/h6-12,16-17,24H,13-15H2,1-5H3,(H2,28,29,34)/t16-,17+,24+/m1/s1. The van der Waals surface area contributed by atoms with Crippen LogP contribution in [-0.4, -0.2) is 73.6 Å². The van der Waals surface area contributed by atoms with Crippen LogP contribution in [0.2, 0.25) is 0 Å². The van der Waals surface area contributed by atoms with Crippen LogP contribution in [0.25, 0.3) is 0 Å². The molecule has 10 heteroatoms. The summed E-state index contributed by atoms with van der Waals surface area (Å²) in [6.07, 6.45) is -0.296. The minimum Gasteiger partial charge on any atom is -0.491 e. The van der Waals surface area contributed by atoms with Gasteiger partial charge in [0, 0.05) is 51.5 Å². The van der Waals surface area contributed by atoms with E-state index in [0.29, 0.717) is 30.2 Å². The number of amides is 4. The van der Waals surface area contributed by atoms with Gasteiger partial charge in [0.1, 0.15) is 18.2 Å². The summed E-state index contributed by atoms with van der Waals surface area (Å²) in [4.78, 5) is 41.4. The Morgan fingerprint density at radius 3 is 2.42 bits per heavy atom. The summed E-state index contributed by atoms with van der Waals surface area (Å²) in [7, 11) is 3.25. The van der Waals surface area contributed by atoms with Crippen molar-refractivity contribution in [1.29, 1.82) is 0 Å². The normalized spacial score (nSPS) is 20.9. The highest BCUT2D eigenvalue weighted by Crippen LogP contribution is 2.26. The molecule has 2 aromatic rings. The number of halogens is 1. The van der Waals surface area contributed by atoms with E-state index in [2.05, 4.69) is 10.6 Å². The molecule has 0 unspecified atom stereocenters. The first-order valence-corrected chi connectivity index (χ1v) is 11.7. The molecule has 0 saturated heterocycles. The van der Waals surface area contributed by atoms with E-state index in [4.69, 9.17) is 9.47 Å². The van der Waals surface area contributed by atoms with Gasteiger partial charge in [-0.25, -0.2) is 9.18 Å². The van der Waals surface area contributed by atoms with Crippen LogP contribution in [0.15, 0.2) is 42.5 Å². The Labute approximate surface area is 210 Å². The van der Waals surface area contributed by atoms with Crippen LogP contribution in [-0.2, 0) is 9.53 Å². The first-order chi connectivity index (χ1) is 17.1. The molecule has 0 bridgehead atoms. The topological polar surface area (TPSA) is 100 Å². The van der Waals surface area contributed by atoms with Gasteiger partial charge in [0.15, 0.2) is 0 Å². The van der Waals surface area contributed by atoms with Gasteiger partial charge >= 0.3 is 6.03 Å². The van der Waals surface area contributed by atoms with Gasteiger partial charge in [-0.3, -0.25) is 9.59 Å². The molecule has 4 amide bonds. The Morgan fingerprint density at radius 1 is 1.08 bits per heavy atom. The third-order valence-corrected chi connectivity index (χ3v) is 6.19. The van der Waals surface area contributed by atoms with Crippen molar-refractivity contribution in [1.82, 2.24) is 9.80 Å². The molecule has 36 heavy (non-hydrogen) atoms. The Hall–Kier alpha value is -3.66. The van der Waals surface area contributed by atoms with Crippen molar-refractivity contribution in [3.8, 4) is 5.75 Å². The molecule has 1 heterocycles. The van der Waals surface area contributed by atoms with Gasteiger partial charge in [-0.1, -0.05) is 13.0 Å². The fraction of sp³-hybridized carbons (Fsp3) is 0.423. The molecular weight excluding hydrogens is 467 g/mol. The highest BCUT2D eigenvalue weighted by Gasteiger charge is 2.29. The second kappa shape index (κ2) is 11.9. The van der Waals surface area contributed by atoms with Crippen LogP contribution >= 0.6 is 0 Å². The second-order valence-corrected chi connectivity index (χ2v) is 9.07. The van der Waals surface area contributed by atoms with E-state index >= 15 is 0 Å². The largest absolute Gasteiger partial charge is 0.491 e. The van der Waals surface area contributed by atoms with E-state index in [0.717, 1.165) is 0 Å². The number of anilines is 2. The molecule has 0 saturated carbocycles. The number of ether oxygens (including phenoxy) is 2. The van der Waals surface area contributed by atoms with Crippen molar-refractivity contribution >= 4 is 29.2 Å². The Balaban J connectivity index is 1.88. The summed E-state index contributed by atoms with van der Waals surface area (Å²) in [5.74, 6) is -0.543. The Bertz CT molecular complexity index is 1110. The molecule has 0 spiro atoms. The lowest BCUT2D eigenvalue weighted by atomic mass is 10.0. The number of carbonyl (C=O) groups excluding carboxylic acids is 3. The first kappa shape index (κ1) is 26.9. The predicted molar refractivity (Wildman–Crippen MR) is 135 cm³/mol. The molecule has 2 N–H and O–H groups in total. The van der Waals surface area contributed by atoms with Crippen molar-refractivity contribution in [2.75, 3.05) is 44.5 Å². The number of hydrogen-bond acceptors (Lipinski definition) is 5. The molecular formula is C26H33FN4O5. The smallest absolute Gasteiger partial charge is 0.323 e. The number of nitrogens with one attached hydrogen (secondary N) is 2. The van der Waals surface area contributed by atoms with Gasteiger partial charge in [-0.2, -0.15) is 0 Å². The molecule has 0 aliphatic carbocycles. The van der Waals surface area contributed by atoms with Gasteiger partial charge in [0.25, 0.3) is 5.91 Å². The highest BCUT2D eigenvalue weighted by atomic mass is 19.1. The minimum absolute atomic E-state index is 0.0324. The van der Waals surface area contributed by atoms with Crippen LogP contribution in [0.4, 0.5) is 20.6 Å². The zero-order valence-corrected chi connectivity index (χ0v) is 21.2. The van der Waals surface area contributed by atoms with Gasteiger partial charge in [0.05, 0.1) is 17.7 Å². The summed E-state index contributed by atoms with van der Waals surface area (Å²) in [6, 6.07) is 9.44. The van der Waals surface area contributed by atoms with Crippen molar-refractivity contribution in [2.24, 2.45) is 5.92 Å². The van der Waals surface area contributed by atoms with Crippen molar-refractivity contribution in [3.63, 3.8) is 0 Å². The third kappa shape index (κ3) is 6.72. The summed E-state index contributed by atoms with van der Waals surface area (Å²) in [5, 5.41) is 5.22. The maximum absolute atomic E-state index is 13.4. The maximum atomic E-state index is 13.4. The van der Waals surface area contributed by atoms with Gasteiger partial charge in [-0.15, -0.1) is 0 Å². The quantitative estimate of drug-likeness (QED) is 0.668. The summed E-state index contributed by atoms with van der Waals surface area (Å²) in [6.45, 7) is 6.34. The van der Waals surface area contributed by atoms with Crippen LogP contribution in [0.5, 0.6) is 5.75 Å².